The van der Waals surface area contributed by atoms with Gasteiger partial charge in [-0.3, -0.25) is 4.79 Å². The van der Waals surface area contributed by atoms with Crippen molar-refractivity contribution in [1.82, 2.24) is 0 Å². The molecule has 5 heterocycles. The second kappa shape index (κ2) is 11.9. The maximum absolute atomic E-state index is 13.6. The van der Waals surface area contributed by atoms with Gasteiger partial charge in [0, 0.05) is 11.8 Å². The number of furan rings is 1. The molecule has 1 aliphatic carbocycles. The molecule has 1 aromatic heterocycles. The molecule has 10 atom stereocenters. The number of aliphatic hydroxyl groups excluding tert-OH is 2. The Kier molecular flexibility index (Phi) is 7.66. The summed E-state index contributed by atoms with van der Waals surface area (Å²) in [7, 11) is 4.57. The third kappa shape index (κ3) is 4.90. The molecule has 7 unspecified atom stereocenters. The van der Waals surface area contributed by atoms with Gasteiger partial charge in [-0.05, 0) is 53.1 Å². The van der Waals surface area contributed by atoms with Crippen molar-refractivity contribution >= 4 is 5.97 Å². The minimum absolute atomic E-state index is 0.0339. The summed E-state index contributed by atoms with van der Waals surface area (Å²) in [5.41, 5.74) is 2.14. The Balaban J connectivity index is 1.16. The molecule has 2 N–H and O–H groups in total. The summed E-state index contributed by atoms with van der Waals surface area (Å²) >= 11 is 0. The Hall–Kier alpha value is -4.05. The molecule has 47 heavy (non-hydrogen) atoms. The summed E-state index contributed by atoms with van der Waals surface area (Å²) < 4.78 is 63.8. The van der Waals surface area contributed by atoms with E-state index in [4.69, 9.17) is 51.8 Å². The zero-order valence-corrected chi connectivity index (χ0v) is 25.7. The van der Waals surface area contributed by atoms with Crippen molar-refractivity contribution in [3.8, 4) is 28.7 Å². The Labute approximate surface area is 268 Å². The molecule has 0 saturated carbocycles. The summed E-state index contributed by atoms with van der Waals surface area (Å²) in [6.45, 7) is 0.139. The van der Waals surface area contributed by atoms with Crippen LogP contribution in [0, 0.1) is 11.8 Å². The van der Waals surface area contributed by atoms with E-state index in [0.717, 1.165) is 11.1 Å². The first kappa shape index (κ1) is 30.3. The van der Waals surface area contributed by atoms with Gasteiger partial charge in [-0.25, -0.2) is 0 Å². The fourth-order valence-electron chi connectivity index (χ4n) is 7.37. The first-order valence-electron chi connectivity index (χ1n) is 15.3. The van der Waals surface area contributed by atoms with Gasteiger partial charge in [0.1, 0.15) is 24.4 Å². The Morgan fingerprint density at radius 3 is 2.28 bits per heavy atom. The smallest absolute Gasteiger partial charge is 0.310 e. The molecule has 3 aromatic rings. The van der Waals surface area contributed by atoms with Crippen LogP contribution in [-0.2, 0) is 28.5 Å². The normalized spacial score (nSPS) is 33.8. The lowest BCUT2D eigenvalue weighted by atomic mass is 9.66. The van der Waals surface area contributed by atoms with E-state index in [9.17, 15) is 15.0 Å². The van der Waals surface area contributed by atoms with Crippen LogP contribution in [0.1, 0.15) is 40.8 Å². The number of rotatable bonds is 7. The van der Waals surface area contributed by atoms with Gasteiger partial charge < -0.3 is 62.0 Å². The number of carbonyl (C=O) groups is 1. The van der Waals surface area contributed by atoms with Crippen LogP contribution in [0.2, 0.25) is 0 Å². The van der Waals surface area contributed by atoms with Crippen LogP contribution in [0.15, 0.2) is 47.1 Å². The van der Waals surface area contributed by atoms with E-state index >= 15 is 0 Å². The molecule has 5 aliphatic rings. The number of benzene rings is 2. The summed E-state index contributed by atoms with van der Waals surface area (Å²) in [6, 6.07) is 10.7. The van der Waals surface area contributed by atoms with E-state index in [1.54, 1.807) is 12.1 Å². The van der Waals surface area contributed by atoms with E-state index in [1.165, 1.54) is 27.6 Å². The summed E-state index contributed by atoms with van der Waals surface area (Å²) in [5, 5.41) is 22.5. The van der Waals surface area contributed by atoms with Gasteiger partial charge in [0.2, 0.25) is 18.8 Å². The predicted octanol–water partition coefficient (Wildman–Crippen LogP) is 2.59. The average molecular weight is 655 g/mol. The third-order valence-electron chi connectivity index (χ3n) is 9.55. The minimum atomic E-state index is -1.49. The van der Waals surface area contributed by atoms with Crippen molar-refractivity contribution in [3.05, 3.63) is 65.1 Å². The van der Waals surface area contributed by atoms with Crippen molar-refractivity contribution in [2.24, 2.45) is 11.8 Å². The highest BCUT2D eigenvalue weighted by Crippen LogP contribution is 2.57. The molecule has 3 fully saturated rings. The summed E-state index contributed by atoms with van der Waals surface area (Å²) in [5.74, 6) is 0.577. The van der Waals surface area contributed by atoms with Crippen molar-refractivity contribution in [2.45, 2.75) is 49.0 Å². The number of methoxy groups -OCH3 is 3. The fourth-order valence-corrected chi connectivity index (χ4v) is 7.37. The van der Waals surface area contributed by atoms with Gasteiger partial charge in [0.05, 0.1) is 52.8 Å². The third-order valence-corrected chi connectivity index (χ3v) is 9.55. The SMILES string of the molecule is COc1cc([C@@H]2c3cc4c(cc3[C@H](OC3OC5COC(c6ccco6)OC5C(O)C3O)C3COC(=O)[C@@H]32)OCO4)cc(OC)c1OC. The van der Waals surface area contributed by atoms with Gasteiger partial charge in [0.15, 0.2) is 35.0 Å². The fraction of sp³-hybridized carbons (Fsp3) is 0.485. The van der Waals surface area contributed by atoms with Gasteiger partial charge in [0.25, 0.3) is 0 Å². The van der Waals surface area contributed by atoms with Crippen molar-refractivity contribution in [3.63, 3.8) is 0 Å². The molecule has 14 heteroatoms. The number of hydrogen-bond donors (Lipinski definition) is 2. The number of aliphatic hydroxyl groups is 2. The second-order valence-corrected chi connectivity index (χ2v) is 12.0. The van der Waals surface area contributed by atoms with Crippen LogP contribution in [0.4, 0.5) is 0 Å². The molecule has 8 rings (SSSR count). The molecule has 2 aromatic carbocycles. The highest BCUT2D eigenvalue weighted by Gasteiger charge is 2.56. The largest absolute Gasteiger partial charge is 0.493 e. The van der Waals surface area contributed by atoms with E-state index in [-0.39, 0.29) is 20.0 Å². The van der Waals surface area contributed by atoms with E-state index < -0.39 is 66.8 Å². The lowest BCUT2D eigenvalue weighted by Crippen LogP contribution is -2.62. The molecular formula is C33H34O14. The van der Waals surface area contributed by atoms with Crippen LogP contribution in [0.5, 0.6) is 28.7 Å². The van der Waals surface area contributed by atoms with Crippen LogP contribution in [0.3, 0.4) is 0 Å². The highest BCUT2D eigenvalue weighted by molar-refractivity contribution is 5.79. The van der Waals surface area contributed by atoms with Crippen LogP contribution < -0.4 is 23.7 Å². The van der Waals surface area contributed by atoms with Gasteiger partial charge in [-0.2, -0.15) is 0 Å². The van der Waals surface area contributed by atoms with E-state index in [0.29, 0.717) is 40.1 Å². The minimum Gasteiger partial charge on any atom is -0.493 e. The maximum atomic E-state index is 13.6. The Morgan fingerprint density at radius 1 is 0.851 bits per heavy atom. The number of esters is 1. The number of hydrogen-bond acceptors (Lipinski definition) is 14. The first-order valence-corrected chi connectivity index (χ1v) is 15.3. The molecule has 0 spiro atoms. The van der Waals surface area contributed by atoms with Crippen LogP contribution in [-0.4, -0.2) is 88.2 Å². The molecule has 0 bridgehead atoms. The summed E-state index contributed by atoms with van der Waals surface area (Å²) in [6.07, 6.45) is -6.00. The van der Waals surface area contributed by atoms with Crippen molar-refractivity contribution < 1.29 is 66.8 Å². The molecule has 0 radical (unpaired) electrons. The monoisotopic (exact) mass is 654 g/mol. The molecule has 4 aliphatic heterocycles. The lowest BCUT2D eigenvalue weighted by Gasteiger charge is -2.47. The topological polar surface area (TPSA) is 163 Å². The number of cyclic esters (lactones) is 1. The highest BCUT2D eigenvalue weighted by atomic mass is 16.8. The lowest BCUT2D eigenvalue weighted by molar-refractivity contribution is -0.371. The standard InChI is InChI=1S/C33H34O14/c1-37-21-7-14(8-22(38-2)29(21)39-3)24-15-9-19-20(44-13-43-19)10-16(15)28(17-11-41-31(36)25(17)24)46-33-27(35)26(34)30-23(45-33)12-42-32(47-30)18-5-4-6-40-18/h4-10,17,23-28,30,32-35H,11-13H2,1-3H3/t17?,23?,24-,25+,26?,27?,28+,30?,32?,33?/m1/s1. The van der Waals surface area contributed by atoms with Gasteiger partial charge >= 0.3 is 5.97 Å². The number of fused-ring (bicyclic) bond motifs is 4. The van der Waals surface area contributed by atoms with Gasteiger partial charge in [-0.1, -0.05) is 0 Å². The molecule has 14 nitrogen and oxygen atoms in total. The number of ether oxygens (including phenoxy) is 10. The molecule has 250 valence electrons. The zero-order valence-electron chi connectivity index (χ0n) is 25.7. The van der Waals surface area contributed by atoms with Crippen molar-refractivity contribution in [2.75, 3.05) is 41.3 Å². The Bertz CT molecular complexity index is 1610. The molecule has 0 amide bonds. The Morgan fingerprint density at radius 2 is 1.60 bits per heavy atom. The van der Waals surface area contributed by atoms with E-state index in [2.05, 4.69) is 0 Å². The van der Waals surface area contributed by atoms with Crippen LogP contribution >= 0.6 is 0 Å². The zero-order chi connectivity index (χ0) is 32.4. The summed E-state index contributed by atoms with van der Waals surface area (Å²) in [4.78, 5) is 13.6. The first-order chi connectivity index (χ1) is 22.9. The van der Waals surface area contributed by atoms with E-state index in [1.807, 2.05) is 24.3 Å². The average Bonchev–Trinajstić information content (AvgIpc) is 3.87. The maximum Gasteiger partial charge on any atom is 0.310 e. The predicted molar refractivity (Wildman–Crippen MR) is 155 cm³/mol. The number of carbonyl (C=O) groups excluding carboxylic acids is 1. The van der Waals surface area contributed by atoms with Crippen molar-refractivity contribution in [1.29, 1.82) is 0 Å². The molecular weight excluding hydrogens is 620 g/mol. The van der Waals surface area contributed by atoms with Gasteiger partial charge in [-0.15, -0.1) is 0 Å². The second-order valence-electron chi connectivity index (χ2n) is 12.0. The van der Waals surface area contributed by atoms with Crippen LogP contribution in [0.25, 0.3) is 0 Å². The molecule has 3 saturated heterocycles. The quantitative estimate of drug-likeness (QED) is 0.358.